The van der Waals surface area contributed by atoms with E-state index in [1.54, 1.807) is 0 Å². The van der Waals surface area contributed by atoms with Crippen molar-refractivity contribution < 1.29 is 19.1 Å². The van der Waals surface area contributed by atoms with Crippen LogP contribution in [0.3, 0.4) is 0 Å². The zero-order chi connectivity index (χ0) is 19.6. The number of unbranched alkanes of at least 4 members (excludes halogenated alkanes) is 3. The van der Waals surface area contributed by atoms with Crippen LogP contribution in [0.1, 0.15) is 91.4 Å². The molecule has 0 spiro atoms. The smallest absolute Gasteiger partial charge is 0.308 e. The molecule has 0 radical (unpaired) electrons. The van der Waals surface area contributed by atoms with Gasteiger partial charge < -0.3 is 9.47 Å². The molecule has 4 heteroatoms. The monoisotopic (exact) mass is 380 g/mol. The van der Waals surface area contributed by atoms with Gasteiger partial charge in [-0.1, -0.05) is 20.8 Å². The molecule has 156 valence electrons. The first-order valence-electron chi connectivity index (χ1n) is 11.3. The molecule has 4 nitrogen and oxygen atoms in total. The molecule has 0 aliphatic heterocycles. The van der Waals surface area contributed by atoms with Crippen molar-refractivity contribution in [3.05, 3.63) is 0 Å². The highest BCUT2D eigenvalue weighted by molar-refractivity contribution is 5.72. The van der Waals surface area contributed by atoms with E-state index in [4.69, 9.17) is 9.47 Å². The molecule has 3 unspecified atom stereocenters. The van der Waals surface area contributed by atoms with Crippen LogP contribution in [-0.2, 0) is 19.1 Å². The maximum absolute atomic E-state index is 12.2. The summed E-state index contributed by atoms with van der Waals surface area (Å²) in [4.78, 5) is 24.2. The zero-order valence-electron chi connectivity index (χ0n) is 17.7. The lowest BCUT2D eigenvalue weighted by atomic mass is 9.76. The third-order valence-corrected chi connectivity index (χ3v) is 6.81. The number of carbonyl (C=O) groups excluding carboxylic acids is 2. The van der Waals surface area contributed by atoms with Crippen LogP contribution in [0, 0.1) is 29.6 Å². The van der Waals surface area contributed by atoms with Gasteiger partial charge >= 0.3 is 11.9 Å². The molecule has 2 aliphatic carbocycles. The standard InChI is InChI=1S/C23H40O4/c1-17-8-11-20(12-9-17)22(24)26-14-6-4-5-7-15-27-23(25)21-13-10-18(2)19(3)16-21/h17-21H,4-16H2,1-3H3. The number of hydrogen-bond donors (Lipinski definition) is 0. The quantitative estimate of drug-likeness (QED) is 0.390. The summed E-state index contributed by atoms with van der Waals surface area (Å²) in [7, 11) is 0. The van der Waals surface area contributed by atoms with Crippen molar-refractivity contribution in [3.8, 4) is 0 Å². The minimum Gasteiger partial charge on any atom is -0.465 e. The Balaban J connectivity index is 1.43. The Bertz CT molecular complexity index is 453. The summed E-state index contributed by atoms with van der Waals surface area (Å²) >= 11 is 0. The molecule has 3 atom stereocenters. The van der Waals surface area contributed by atoms with Crippen LogP contribution in [0.15, 0.2) is 0 Å². The molecule has 0 aromatic carbocycles. The van der Waals surface area contributed by atoms with Gasteiger partial charge in [-0.3, -0.25) is 9.59 Å². The summed E-state index contributed by atoms with van der Waals surface area (Å²) in [5.41, 5.74) is 0. The van der Waals surface area contributed by atoms with Gasteiger partial charge in [0.15, 0.2) is 0 Å². The van der Waals surface area contributed by atoms with Gasteiger partial charge in [-0.25, -0.2) is 0 Å². The van der Waals surface area contributed by atoms with E-state index < -0.39 is 0 Å². The molecular weight excluding hydrogens is 340 g/mol. The van der Waals surface area contributed by atoms with E-state index in [9.17, 15) is 9.59 Å². The normalized spacial score (nSPS) is 31.3. The van der Waals surface area contributed by atoms with Gasteiger partial charge in [0.2, 0.25) is 0 Å². The summed E-state index contributed by atoms with van der Waals surface area (Å²) < 4.78 is 10.9. The van der Waals surface area contributed by atoms with Crippen LogP contribution in [0.4, 0.5) is 0 Å². The van der Waals surface area contributed by atoms with Gasteiger partial charge in [-0.2, -0.15) is 0 Å². The maximum Gasteiger partial charge on any atom is 0.308 e. The predicted octanol–water partition coefficient (Wildman–Crippen LogP) is 5.53. The molecule has 2 fully saturated rings. The SMILES string of the molecule is CC1CCC(C(=O)OCCCCCCOC(=O)C2CCC(C)C(C)C2)CC1. The van der Waals surface area contributed by atoms with E-state index in [1.165, 1.54) is 0 Å². The van der Waals surface area contributed by atoms with Gasteiger partial charge in [0.05, 0.1) is 25.0 Å². The summed E-state index contributed by atoms with van der Waals surface area (Å²) in [5.74, 6) is 2.36. The summed E-state index contributed by atoms with van der Waals surface area (Å²) in [5, 5.41) is 0. The second-order valence-electron chi connectivity index (χ2n) is 9.17. The molecule has 2 aliphatic rings. The van der Waals surface area contributed by atoms with Crippen LogP contribution < -0.4 is 0 Å². The maximum atomic E-state index is 12.2. The Morgan fingerprint density at radius 3 is 1.74 bits per heavy atom. The number of esters is 2. The molecular formula is C23H40O4. The van der Waals surface area contributed by atoms with Crippen LogP contribution in [0.25, 0.3) is 0 Å². The highest BCUT2D eigenvalue weighted by atomic mass is 16.5. The average molecular weight is 381 g/mol. The van der Waals surface area contributed by atoms with Gasteiger partial charge in [-0.05, 0) is 88.4 Å². The topological polar surface area (TPSA) is 52.6 Å². The Kier molecular flexibility index (Phi) is 9.64. The Labute approximate surface area is 165 Å². The van der Waals surface area contributed by atoms with E-state index in [1.807, 2.05) is 0 Å². The second-order valence-corrected chi connectivity index (χ2v) is 9.17. The van der Waals surface area contributed by atoms with Crippen LogP contribution in [0.2, 0.25) is 0 Å². The van der Waals surface area contributed by atoms with Crippen LogP contribution >= 0.6 is 0 Å². The third-order valence-electron chi connectivity index (χ3n) is 6.81. The first-order chi connectivity index (χ1) is 13.0. The van der Waals surface area contributed by atoms with Crippen molar-refractivity contribution in [1.29, 1.82) is 0 Å². The van der Waals surface area contributed by atoms with Crippen molar-refractivity contribution in [1.82, 2.24) is 0 Å². The molecule has 0 N–H and O–H groups in total. The molecule has 2 saturated carbocycles. The Morgan fingerprint density at radius 2 is 1.19 bits per heavy atom. The minimum atomic E-state index is 0.00415. The molecule has 0 bridgehead atoms. The van der Waals surface area contributed by atoms with Crippen LogP contribution in [0.5, 0.6) is 0 Å². The lowest BCUT2D eigenvalue weighted by Gasteiger charge is -2.30. The Morgan fingerprint density at radius 1 is 0.667 bits per heavy atom. The first-order valence-corrected chi connectivity index (χ1v) is 11.3. The van der Waals surface area contributed by atoms with Crippen molar-refractivity contribution in [3.63, 3.8) is 0 Å². The molecule has 27 heavy (non-hydrogen) atoms. The number of rotatable bonds is 9. The highest BCUT2D eigenvalue weighted by Crippen LogP contribution is 2.34. The summed E-state index contributed by atoms with van der Waals surface area (Å²) in [6.07, 6.45) is 11.2. The van der Waals surface area contributed by atoms with E-state index in [0.29, 0.717) is 19.1 Å². The van der Waals surface area contributed by atoms with Crippen LogP contribution in [-0.4, -0.2) is 25.2 Å². The van der Waals surface area contributed by atoms with Gasteiger partial charge in [0.1, 0.15) is 0 Å². The lowest BCUT2D eigenvalue weighted by molar-refractivity contribution is -0.151. The summed E-state index contributed by atoms with van der Waals surface area (Å²) in [6.45, 7) is 7.84. The largest absolute Gasteiger partial charge is 0.465 e. The molecule has 0 aromatic heterocycles. The molecule has 0 aromatic rings. The fourth-order valence-electron chi connectivity index (χ4n) is 4.40. The van der Waals surface area contributed by atoms with E-state index in [-0.39, 0.29) is 23.8 Å². The van der Waals surface area contributed by atoms with Gasteiger partial charge in [0.25, 0.3) is 0 Å². The second kappa shape index (κ2) is 11.7. The Hall–Kier alpha value is -1.06. The van der Waals surface area contributed by atoms with E-state index >= 15 is 0 Å². The van der Waals surface area contributed by atoms with Crippen molar-refractivity contribution in [2.45, 2.75) is 91.4 Å². The predicted molar refractivity (Wildman–Crippen MR) is 107 cm³/mol. The highest BCUT2D eigenvalue weighted by Gasteiger charge is 2.30. The fraction of sp³-hybridized carbons (Fsp3) is 0.913. The number of carbonyl (C=O) groups is 2. The lowest BCUT2D eigenvalue weighted by Crippen LogP contribution is -2.28. The van der Waals surface area contributed by atoms with E-state index in [0.717, 1.165) is 82.5 Å². The van der Waals surface area contributed by atoms with Gasteiger partial charge in [0, 0.05) is 0 Å². The number of hydrogen-bond acceptors (Lipinski definition) is 4. The van der Waals surface area contributed by atoms with Crippen molar-refractivity contribution in [2.24, 2.45) is 29.6 Å². The minimum absolute atomic E-state index is 0.00415. The molecule has 0 amide bonds. The van der Waals surface area contributed by atoms with E-state index in [2.05, 4.69) is 20.8 Å². The molecule has 0 heterocycles. The number of ether oxygens (including phenoxy) is 2. The van der Waals surface area contributed by atoms with Crippen molar-refractivity contribution >= 4 is 11.9 Å². The molecule has 2 rings (SSSR count). The first kappa shape index (κ1) is 22.2. The third kappa shape index (κ3) is 7.83. The van der Waals surface area contributed by atoms with Crippen molar-refractivity contribution in [2.75, 3.05) is 13.2 Å². The molecule has 0 saturated heterocycles. The fourth-order valence-corrected chi connectivity index (χ4v) is 4.40. The average Bonchev–Trinajstić information content (AvgIpc) is 2.66. The zero-order valence-corrected chi connectivity index (χ0v) is 17.7. The van der Waals surface area contributed by atoms with Gasteiger partial charge in [-0.15, -0.1) is 0 Å². The summed E-state index contributed by atoms with van der Waals surface area (Å²) in [6, 6.07) is 0.